The van der Waals surface area contributed by atoms with Gasteiger partial charge in [0.25, 0.3) is 15.9 Å². The van der Waals surface area contributed by atoms with Crippen LogP contribution < -0.4 is 5.32 Å². The minimum Gasteiger partial charge on any atom is -0.331 e. The van der Waals surface area contributed by atoms with Gasteiger partial charge in [-0.1, -0.05) is 12.1 Å². The quantitative estimate of drug-likeness (QED) is 0.731. The number of anilines is 1. The highest BCUT2D eigenvalue weighted by atomic mass is 32.2. The van der Waals surface area contributed by atoms with Crippen LogP contribution >= 0.6 is 0 Å². The SMILES string of the molecule is CCN(Cc1cccc(NC(=O)C2=CN3CCS(=O)(=O)N=C3C=C2)c1)C(=O)C(F)(F)F. The van der Waals surface area contributed by atoms with Gasteiger partial charge in [0.15, 0.2) is 0 Å². The lowest BCUT2D eigenvalue weighted by Gasteiger charge is -2.27. The Hall–Kier alpha value is -3.15. The van der Waals surface area contributed by atoms with Crippen molar-refractivity contribution in [3.8, 4) is 0 Å². The monoisotopic (exact) mass is 456 g/mol. The van der Waals surface area contributed by atoms with Gasteiger partial charge >= 0.3 is 12.1 Å². The molecule has 0 saturated carbocycles. The van der Waals surface area contributed by atoms with E-state index in [4.69, 9.17) is 0 Å². The van der Waals surface area contributed by atoms with E-state index in [1.54, 1.807) is 23.1 Å². The van der Waals surface area contributed by atoms with Crippen molar-refractivity contribution in [1.82, 2.24) is 9.80 Å². The maximum Gasteiger partial charge on any atom is 0.471 e. The molecule has 2 aliphatic heterocycles. The largest absolute Gasteiger partial charge is 0.471 e. The first kappa shape index (κ1) is 22.5. The first-order chi connectivity index (χ1) is 14.5. The minimum absolute atomic E-state index is 0.123. The molecule has 0 fully saturated rings. The van der Waals surface area contributed by atoms with Gasteiger partial charge in [-0.25, -0.2) is 8.42 Å². The van der Waals surface area contributed by atoms with Gasteiger partial charge in [-0.2, -0.15) is 13.2 Å². The van der Waals surface area contributed by atoms with Gasteiger partial charge in [-0.3, -0.25) is 9.59 Å². The Morgan fingerprint density at radius 1 is 1.26 bits per heavy atom. The number of hydrogen-bond donors (Lipinski definition) is 1. The molecule has 1 N–H and O–H groups in total. The van der Waals surface area contributed by atoms with Crippen LogP contribution in [0, 0.1) is 0 Å². The molecule has 0 atom stereocenters. The smallest absolute Gasteiger partial charge is 0.331 e. The molecule has 166 valence electrons. The maximum absolute atomic E-state index is 12.7. The maximum atomic E-state index is 12.7. The lowest BCUT2D eigenvalue weighted by atomic mass is 10.1. The normalized spacial score (nSPS) is 17.4. The Balaban J connectivity index is 1.70. The van der Waals surface area contributed by atoms with Crippen molar-refractivity contribution in [1.29, 1.82) is 0 Å². The van der Waals surface area contributed by atoms with E-state index in [2.05, 4.69) is 9.71 Å². The Labute approximate surface area is 176 Å². The fourth-order valence-corrected chi connectivity index (χ4v) is 3.98. The van der Waals surface area contributed by atoms with Gasteiger partial charge in [0.2, 0.25) is 0 Å². The van der Waals surface area contributed by atoms with Crippen LogP contribution in [0.25, 0.3) is 0 Å². The van der Waals surface area contributed by atoms with E-state index in [1.165, 1.54) is 31.3 Å². The molecule has 2 aliphatic rings. The summed E-state index contributed by atoms with van der Waals surface area (Å²) in [5, 5.41) is 2.65. The van der Waals surface area contributed by atoms with E-state index in [1.807, 2.05) is 0 Å². The number of alkyl halides is 3. The molecular formula is C19H19F3N4O4S. The average Bonchev–Trinajstić information content (AvgIpc) is 2.70. The van der Waals surface area contributed by atoms with Gasteiger partial charge in [-0.05, 0) is 36.8 Å². The second kappa shape index (κ2) is 8.53. The van der Waals surface area contributed by atoms with Crippen LogP contribution in [-0.4, -0.2) is 60.9 Å². The van der Waals surface area contributed by atoms with Gasteiger partial charge in [0, 0.05) is 31.5 Å². The number of hydrogen-bond acceptors (Lipinski definition) is 5. The minimum atomic E-state index is -4.96. The topological polar surface area (TPSA) is 99.2 Å². The van der Waals surface area contributed by atoms with Crippen LogP contribution in [-0.2, 0) is 26.2 Å². The molecule has 2 amide bonds. The number of nitrogens with one attached hydrogen (secondary N) is 1. The standard InChI is InChI=1S/C19H19F3N4O4S/c1-2-25(18(28)19(20,21)22)11-13-4-3-5-15(10-13)23-17(27)14-6-7-16-24-31(29,30)9-8-26(16)12-14/h3-7,10,12H,2,8-9,11H2,1H3,(H,23,27). The lowest BCUT2D eigenvalue weighted by molar-refractivity contribution is -0.185. The third-order valence-corrected chi connectivity index (χ3v) is 5.72. The van der Waals surface area contributed by atoms with Crippen molar-refractivity contribution in [3.05, 3.63) is 53.8 Å². The Morgan fingerprint density at radius 2 is 2.00 bits per heavy atom. The fourth-order valence-electron chi connectivity index (χ4n) is 3.01. The first-order valence-electron chi connectivity index (χ1n) is 9.24. The molecule has 0 aromatic heterocycles. The van der Waals surface area contributed by atoms with Crippen molar-refractivity contribution >= 4 is 33.4 Å². The summed E-state index contributed by atoms with van der Waals surface area (Å²) in [6.07, 6.45) is -0.634. The summed E-state index contributed by atoms with van der Waals surface area (Å²) in [6, 6.07) is 6.16. The third kappa shape index (κ3) is 5.51. The summed E-state index contributed by atoms with van der Waals surface area (Å²) < 4.78 is 64.8. The number of sulfonamides is 1. The van der Waals surface area contributed by atoms with Crippen LogP contribution in [0.2, 0.25) is 0 Å². The number of amidine groups is 1. The predicted octanol–water partition coefficient (Wildman–Crippen LogP) is 2.03. The van der Waals surface area contributed by atoms with Crippen LogP contribution in [0.15, 0.2) is 52.6 Å². The van der Waals surface area contributed by atoms with Crippen LogP contribution in [0.4, 0.5) is 18.9 Å². The molecule has 3 rings (SSSR count). The zero-order valence-corrected chi connectivity index (χ0v) is 17.2. The molecule has 1 aromatic carbocycles. The average molecular weight is 456 g/mol. The highest BCUT2D eigenvalue weighted by Gasteiger charge is 2.41. The van der Waals surface area contributed by atoms with Crippen molar-refractivity contribution < 1.29 is 31.2 Å². The highest BCUT2D eigenvalue weighted by Crippen LogP contribution is 2.22. The van der Waals surface area contributed by atoms with Crippen LogP contribution in [0.3, 0.4) is 0 Å². The van der Waals surface area contributed by atoms with E-state index in [0.29, 0.717) is 16.2 Å². The molecule has 0 saturated heterocycles. The first-order valence-corrected chi connectivity index (χ1v) is 10.8. The van der Waals surface area contributed by atoms with Crippen molar-refractivity contribution in [2.45, 2.75) is 19.6 Å². The number of amides is 2. The Bertz CT molecular complexity index is 1090. The highest BCUT2D eigenvalue weighted by molar-refractivity contribution is 7.90. The number of fused-ring (bicyclic) bond motifs is 1. The summed E-state index contributed by atoms with van der Waals surface area (Å²) in [6.45, 7) is 1.23. The number of benzene rings is 1. The molecule has 12 heteroatoms. The zero-order chi connectivity index (χ0) is 22.8. The third-order valence-electron chi connectivity index (χ3n) is 4.56. The van der Waals surface area contributed by atoms with E-state index >= 15 is 0 Å². The summed E-state index contributed by atoms with van der Waals surface area (Å²) in [5.74, 6) is -2.36. The number of nitrogens with zero attached hydrogens (tertiary/aromatic N) is 3. The Morgan fingerprint density at radius 3 is 2.68 bits per heavy atom. The summed E-state index contributed by atoms with van der Waals surface area (Å²) in [7, 11) is -3.51. The molecule has 0 bridgehead atoms. The summed E-state index contributed by atoms with van der Waals surface area (Å²) in [4.78, 5) is 26.3. The summed E-state index contributed by atoms with van der Waals surface area (Å²) in [5.41, 5.74) is 1.01. The molecule has 0 spiro atoms. The van der Waals surface area contributed by atoms with E-state index in [9.17, 15) is 31.2 Å². The van der Waals surface area contributed by atoms with E-state index in [0.717, 1.165) is 0 Å². The van der Waals surface area contributed by atoms with Crippen molar-refractivity contribution in [2.24, 2.45) is 4.40 Å². The second-order valence-corrected chi connectivity index (χ2v) is 8.57. The van der Waals surface area contributed by atoms with Crippen LogP contribution in [0.1, 0.15) is 12.5 Å². The second-order valence-electron chi connectivity index (χ2n) is 6.82. The molecule has 0 aliphatic carbocycles. The molecule has 2 heterocycles. The van der Waals surface area contributed by atoms with E-state index in [-0.39, 0.29) is 36.8 Å². The summed E-state index contributed by atoms with van der Waals surface area (Å²) >= 11 is 0. The fraction of sp³-hybridized carbons (Fsp3) is 0.316. The van der Waals surface area contributed by atoms with Crippen molar-refractivity contribution in [2.75, 3.05) is 24.2 Å². The molecule has 0 radical (unpaired) electrons. The lowest BCUT2D eigenvalue weighted by Crippen LogP contribution is -2.40. The van der Waals surface area contributed by atoms with E-state index < -0.39 is 28.0 Å². The van der Waals surface area contributed by atoms with Gasteiger partial charge in [-0.15, -0.1) is 4.40 Å². The predicted molar refractivity (Wildman–Crippen MR) is 107 cm³/mol. The molecule has 31 heavy (non-hydrogen) atoms. The van der Waals surface area contributed by atoms with Crippen molar-refractivity contribution in [3.63, 3.8) is 0 Å². The Kier molecular flexibility index (Phi) is 6.20. The van der Waals surface area contributed by atoms with Gasteiger partial charge in [0.05, 0.1) is 11.3 Å². The molecule has 1 aromatic rings. The zero-order valence-electron chi connectivity index (χ0n) is 16.4. The number of carbonyl (C=O) groups is 2. The number of rotatable bonds is 5. The molecular weight excluding hydrogens is 437 g/mol. The molecule has 0 unspecified atom stereocenters. The number of carbonyl (C=O) groups excluding carboxylic acids is 2. The molecule has 8 nitrogen and oxygen atoms in total. The van der Waals surface area contributed by atoms with Gasteiger partial charge in [0.1, 0.15) is 5.84 Å². The van der Waals surface area contributed by atoms with Gasteiger partial charge < -0.3 is 15.1 Å². The van der Waals surface area contributed by atoms with Crippen LogP contribution in [0.5, 0.6) is 0 Å². The number of halogens is 3.